The molecule has 19 heavy (non-hydrogen) atoms. The zero-order valence-corrected chi connectivity index (χ0v) is 12.8. The molecule has 0 saturated carbocycles. The fraction of sp³-hybridized carbons (Fsp3) is 0.308. The van der Waals surface area contributed by atoms with Crippen molar-refractivity contribution >= 4 is 37.8 Å². The SMILES string of the molecule is CCCCNC(=O)C1=Cc2cc(Br)ccc2S1(=O)=O. The minimum atomic E-state index is -3.67. The van der Waals surface area contributed by atoms with Crippen LogP contribution in [0.25, 0.3) is 6.08 Å². The summed E-state index contributed by atoms with van der Waals surface area (Å²) in [7, 11) is -3.67. The van der Waals surface area contributed by atoms with Crippen molar-refractivity contribution < 1.29 is 13.2 Å². The second-order valence-corrected chi connectivity index (χ2v) is 7.11. The molecule has 4 nitrogen and oxygen atoms in total. The molecule has 1 aliphatic heterocycles. The number of halogens is 1. The Kier molecular flexibility index (Phi) is 4.10. The van der Waals surface area contributed by atoms with Crippen molar-refractivity contribution in [3.05, 3.63) is 33.1 Å². The summed E-state index contributed by atoms with van der Waals surface area (Å²) in [6, 6.07) is 4.86. The van der Waals surface area contributed by atoms with Crippen molar-refractivity contribution in [2.24, 2.45) is 0 Å². The molecule has 6 heteroatoms. The maximum absolute atomic E-state index is 12.2. The fourth-order valence-corrected chi connectivity index (χ4v) is 3.76. The number of hydrogen-bond acceptors (Lipinski definition) is 3. The number of amides is 1. The summed E-state index contributed by atoms with van der Waals surface area (Å²) in [5.74, 6) is -0.527. The van der Waals surface area contributed by atoms with Gasteiger partial charge in [0, 0.05) is 11.0 Å². The molecule has 0 atom stereocenters. The molecule has 0 aromatic heterocycles. The summed E-state index contributed by atoms with van der Waals surface area (Å²) in [5.41, 5.74) is 0.551. The lowest BCUT2D eigenvalue weighted by molar-refractivity contribution is -0.116. The van der Waals surface area contributed by atoms with Gasteiger partial charge in [0.2, 0.25) is 9.84 Å². The Morgan fingerprint density at radius 2 is 2.11 bits per heavy atom. The molecule has 1 heterocycles. The van der Waals surface area contributed by atoms with Crippen LogP contribution in [0.3, 0.4) is 0 Å². The van der Waals surface area contributed by atoms with E-state index in [9.17, 15) is 13.2 Å². The molecule has 1 aliphatic rings. The van der Waals surface area contributed by atoms with E-state index in [1.165, 1.54) is 12.1 Å². The highest BCUT2D eigenvalue weighted by molar-refractivity contribution is 9.10. The Labute approximate surface area is 120 Å². The third kappa shape index (κ3) is 2.74. The predicted octanol–water partition coefficient (Wildman–Crippen LogP) is 2.49. The molecule has 102 valence electrons. The van der Waals surface area contributed by atoms with Crippen LogP contribution in [0.2, 0.25) is 0 Å². The average Bonchev–Trinajstić information content (AvgIpc) is 2.61. The summed E-state index contributed by atoms with van der Waals surface area (Å²) < 4.78 is 25.2. The van der Waals surface area contributed by atoms with Gasteiger partial charge < -0.3 is 5.32 Å². The number of rotatable bonds is 4. The van der Waals surface area contributed by atoms with E-state index in [0.717, 1.165) is 17.3 Å². The highest BCUT2D eigenvalue weighted by atomic mass is 79.9. The number of sulfone groups is 1. The highest BCUT2D eigenvalue weighted by Gasteiger charge is 2.33. The normalized spacial score (nSPS) is 15.8. The maximum Gasteiger partial charge on any atom is 0.263 e. The van der Waals surface area contributed by atoms with Gasteiger partial charge >= 0.3 is 0 Å². The molecule has 0 spiro atoms. The average molecular weight is 344 g/mol. The van der Waals surface area contributed by atoms with Crippen LogP contribution >= 0.6 is 15.9 Å². The number of carbonyl (C=O) groups is 1. The minimum absolute atomic E-state index is 0.170. The van der Waals surface area contributed by atoms with Crippen LogP contribution < -0.4 is 5.32 Å². The van der Waals surface area contributed by atoms with Crippen molar-refractivity contribution in [2.45, 2.75) is 24.7 Å². The number of benzene rings is 1. The molecule has 0 bridgehead atoms. The molecule has 1 aromatic carbocycles. The van der Waals surface area contributed by atoms with Gasteiger partial charge in [-0.15, -0.1) is 0 Å². The van der Waals surface area contributed by atoms with Crippen LogP contribution in [0.1, 0.15) is 25.3 Å². The standard InChI is InChI=1S/C13H14BrNO3S/c1-2-3-6-15-13(16)12-8-9-7-10(14)4-5-11(9)19(12,17)18/h4-5,7-8H,2-3,6H2,1H3,(H,15,16). The van der Waals surface area contributed by atoms with Crippen molar-refractivity contribution in [1.82, 2.24) is 5.32 Å². The first-order valence-corrected chi connectivity index (χ1v) is 8.29. The van der Waals surface area contributed by atoms with Crippen molar-refractivity contribution in [3.63, 3.8) is 0 Å². The number of hydrogen-bond donors (Lipinski definition) is 1. The van der Waals surface area contributed by atoms with Crippen molar-refractivity contribution in [2.75, 3.05) is 6.54 Å². The number of nitrogens with one attached hydrogen (secondary N) is 1. The van der Waals surface area contributed by atoms with Gasteiger partial charge in [-0.1, -0.05) is 29.3 Å². The smallest absolute Gasteiger partial charge is 0.263 e. The minimum Gasteiger partial charge on any atom is -0.351 e. The molecule has 0 saturated heterocycles. The number of fused-ring (bicyclic) bond motifs is 1. The van der Waals surface area contributed by atoms with Crippen LogP contribution in [0, 0.1) is 0 Å². The first-order chi connectivity index (χ1) is 8.96. The zero-order chi connectivity index (χ0) is 14.0. The fourth-order valence-electron chi connectivity index (χ4n) is 1.87. The maximum atomic E-state index is 12.2. The predicted molar refractivity (Wildman–Crippen MR) is 77.2 cm³/mol. The van der Waals surface area contributed by atoms with Gasteiger partial charge in [0.1, 0.15) is 4.91 Å². The summed E-state index contributed by atoms with van der Waals surface area (Å²) in [5, 5.41) is 2.63. The highest BCUT2D eigenvalue weighted by Crippen LogP contribution is 2.34. The van der Waals surface area contributed by atoms with E-state index in [1.54, 1.807) is 12.1 Å². The lowest BCUT2D eigenvalue weighted by Crippen LogP contribution is -2.28. The van der Waals surface area contributed by atoms with Crippen LogP contribution in [-0.4, -0.2) is 20.9 Å². The Hall–Kier alpha value is -1.14. The van der Waals surface area contributed by atoms with E-state index in [-0.39, 0.29) is 9.80 Å². The second-order valence-electron chi connectivity index (χ2n) is 4.30. The van der Waals surface area contributed by atoms with Crippen LogP contribution in [0.15, 0.2) is 32.5 Å². The largest absolute Gasteiger partial charge is 0.351 e. The van der Waals surface area contributed by atoms with E-state index < -0.39 is 15.7 Å². The number of unbranched alkanes of at least 4 members (excludes halogenated alkanes) is 1. The summed E-state index contributed by atoms with van der Waals surface area (Å²) in [6.45, 7) is 2.49. The summed E-state index contributed by atoms with van der Waals surface area (Å²) in [4.78, 5) is 11.9. The quantitative estimate of drug-likeness (QED) is 0.854. The van der Waals surface area contributed by atoms with E-state index in [1.807, 2.05) is 6.92 Å². The topological polar surface area (TPSA) is 63.2 Å². The summed E-state index contributed by atoms with van der Waals surface area (Å²) >= 11 is 3.29. The summed E-state index contributed by atoms with van der Waals surface area (Å²) in [6.07, 6.45) is 3.20. The van der Waals surface area contributed by atoms with Crippen LogP contribution in [0.4, 0.5) is 0 Å². The van der Waals surface area contributed by atoms with Crippen LogP contribution in [-0.2, 0) is 14.6 Å². The molecule has 1 amide bonds. The monoisotopic (exact) mass is 343 g/mol. The van der Waals surface area contributed by atoms with Crippen molar-refractivity contribution in [1.29, 1.82) is 0 Å². The molecule has 0 fully saturated rings. The Balaban J connectivity index is 2.29. The Bertz CT molecular complexity index is 650. The molecular weight excluding hydrogens is 330 g/mol. The third-order valence-corrected chi connectivity index (χ3v) is 5.20. The van der Waals surface area contributed by atoms with Gasteiger partial charge in [-0.25, -0.2) is 8.42 Å². The zero-order valence-electron chi connectivity index (χ0n) is 10.4. The lowest BCUT2D eigenvalue weighted by atomic mass is 10.2. The first kappa shape index (κ1) is 14.3. The molecule has 0 unspecified atom stereocenters. The van der Waals surface area contributed by atoms with Gasteiger partial charge in [0.05, 0.1) is 4.90 Å². The molecule has 1 N–H and O–H groups in total. The van der Waals surface area contributed by atoms with Crippen LogP contribution in [0.5, 0.6) is 0 Å². The molecule has 2 rings (SSSR count). The van der Waals surface area contributed by atoms with E-state index in [0.29, 0.717) is 12.1 Å². The second kappa shape index (κ2) is 5.46. The third-order valence-electron chi connectivity index (χ3n) is 2.88. The van der Waals surface area contributed by atoms with E-state index in [4.69, 9.17) is 0 Å². The first-order valence-electron chi connectivity index (χ1n) is 6.01. The molecule has 0 radical (unpaired) electrons. The van der Waals surface area contributed by atoms with Gasteiger partial charge in [-0.05, 0) is 36.3 Å². The van der Waals surface area contributed by atoms with Gasteiger partial charge in [-0.2, -0.15) is 0 Å². The molecule has 1 aromatic rings. The van der Waals surface area contributed by atoms with Crippen molar-refractivity contribution in [3.8, 4) is 0 Å². The van der Waals surface area contributed by atoms with E-state index >= 15 is 0 Å². The van der Waals surface area contributed by atoms with Gasteiger partial charge in [-0.3, -0.25) is 4.79 Å². The Morgan fingerprint density at radius 3 is 2.79 bits per heavy atom. The molecular formula is C13H14BrNO3S. The van der Waals surface area contributed by atoms with E-state index in [2.05, 4.69) is 21.2 Å². The van der Waals surface area contributed by atoms with Gasteiger partial charge in [0.25, 0.3) is 5.91 Å². The molecule has 0 aliphatic carbocycles. The van der Waals surface area contributed by atoms with Gasteiger partial charge in [0.15, 0.2) is 0 Å². The lowest BCUT2D eigenvalue weighted by Gasteiger charge is -2.05. The number of carbonyl (C=O) groups excluding carboxylic acids is 1. The Morgan fingerprint density at radius 1 is 1.37 bits per heavy atom.